The molecule has 0 aliphatic carbocycles. The average Bonchev–Trinajstić information content (AvgIpc) is 2.48. The van der Waals surface area contributed by atoms with Crippen molar-refractivity contribution in [1.82, 2.24) is 0 Å². The first-order valence-electron chi connectivity index (χ1n) is 6.48. The molecule has 0 radical (unpaired) electrons. The van der Waals surface area contributed by atoms with E-state index in [0.717, 1.165) is 12.1 Å². The number of alkyl halides is 2. The number of benzene rings is 2. The van der Waals surface area contributed by atoms with Gasteiger partial charge in [-0.05, 0) is 36.4 Å². The van der Waals surface area contributed by atoms with Gasteiger partial charge in [0.1, 0.15) is 23.1 Å². The second kappa shape index (κ2) is 7.48. The highest BCUT2D eigenvalue weighted by Gasteiger charge is 2.10. The maximum atomic E-state index is 13.4. The predicted octanol–water partition coefficient (Wildman–Crippen LogP) is 3.62. The Morgan fingerprint density at radius 1 is 1.04 bits per heavy atom. The minimum absolute atomic E-state index is 0.0513. The third kappa shape index (κ3) is 4.87. The number of para-hydroxylation sites is 1. The summed E-state index contributed by atoms with van der Waals surface area (Å²) in [5.74, 6) is -2.24. The Hall–Kier alpha value is -2.77. The molecule has 2 aromatic rings. The zero-order valence-electron chi connectivity index (χ0n) is 11.7. The number of anilines is 2. The molecule has 0 aliphatic rings. The molecule has 2 rings (SSSR count). The molecule has 122 valence electrons. The molecule has 4 nitrogen and oxygen atoms in total. The summed E-state index contributed by atoms with van der Waals surface area (Å²) in [7, 11) is 0. The quantitative estimate of drug-likeness (QED) is 0.797. The van der Waals surface area contributed by atoms with Crippen LogP contribution in [0.5, 0.6) is 5.75 Å². The third-order valence-corrected chi connectivity index (χ3v) is 2.75. The zero-order valence-corrected chi connectivity index (χ0v) is 11.7. The fourth-order valence-corrected chi connectivity index (χ4v) is 1.76. The largest absolute Gasteiger partial charge is 0.435 e. The van der Waals surface area contributed by atoms with Crippen molar-refractivity contribution in [2.75, 3.05) is 17.2 Å². The highest BCUT2D eigenvalue weighted by molar-refractivity contribution is 5.93. The number of amides is 1. The third-order valence-electron chi connectivity index (χ3n) is 2.75. The van der Waals surface area contributed by atoms with Crippen LogP contribution in [0.25, 0.3) is 0 Å². The summed E-state index contributed by atoms with van der Waals surface area (Å²) in [5, 5.41) is 4.80. The fraction of sp³-hybridized carbons (Fsp3) is 0.133. The minimum atomic E-state index is -2.93. The summed E-state index contributed by atoms with van der Waals surface area (Å²) in [6.45, 7) is -3.30. The van der Waals surface area contributed by atoms with E-state index in [2.05, 4.69) is 15.4 Å². The highest BCUT2D eigenvalue weighted by Crippen LogP contribution is 2.19. The Kier molecular flexibility index (Phi) is 5.40. The van der Waals surface area contributed by atoms with Gasteiger partial charge in [0.25, 0.3) is 0 Å². The normalized spacial score (nSPS) is 10.5. The van der Waals surface area contributed by atoms with E-state index in [1.165, 1.54) is 30.3 Å². The molecule has 2 aromatic carbocycles. The molecule has 2 N–H and O–H groups in total. The standard InChI is InChI=1S/C15H12F4N2O2/c16-11-2-1-3-12(17)14(11)20-8-13(22)21-9-4-6-10(7-5-9)23-15(18)19/h1-7,15,20H,8H2,(H,21,22). The van der Waals surface area contributed by atoms with Gasteiger partial charge < -0.3 is 15.4 Å². The summed E-state index contributed by atoms with van der Waals surface area (Å²) in [6.07, 6.45) is 0. The lowest BCUT2D eigenvalue weighted by molar-refractivity contribution is -0.114. The van der Waals surface area contributed by atoms with Crippen LogP contribution >= 0.6 is 0 Å². The van der Waals surface area contributed by atoms with Crippen molar-refractivity contribution in [3.63, 3.8) is 0 Å². The van der Waals surface area contributed by atoms with Gasteiger partial charge in [-0.2, -0.15) is 8.78 Å². The van der Waals surface area contributed by atoms with Crippen LogP contribution in [0, 0.1) is 11.6 Å². The molecule has 0 unspecified atom stereocenters. The first-order valence-corrected chi connectivity index (χ1v) is 6.48. The van der Waals surface area contributed by atoms with Gasteiger partial charge in [0.15, 0.2) is 0 Å². The zero-order chi connectivity index (χ0) is 16.8. The van der Waals surface area contributed by atoms with Crippen LogP contribution in [0.3, 0.4) is 0 Å². The summed E-state index contributed by atoms with van der Waals surface area (Å²) >= 11 is 0. The van der Waals surface area contributed by atoms with Crippen LogP contribution in [0.4, 0.5) is 28.9 Å². The number of carbonyl (C=O) groups is 1. The number of ether oxygens (including phenoxy) is 1. The van der Waals surface area contributed by atoms with Crippen molar-refractivity contribution in [1.29, 1.82) is 0 Å². The molecule has 0 heterocycles. The van der Waals surface area contributed by atoms with E-state index >= 15 is 0 Å². The van der Waals surface area contributed by atoms with Gasteiger partial charge in [0, 0.05) is 5.69 Å². The molecule has 0 atom stereocenters. The number of nitrogens with one attached hydrogen (secondary N) is 2. The van der Waals surface area contributed by atoms with E-state index in [1.807, 2.05) is 0 Å². The Bertz CT molecular complexity index is 657. The lowest BCUT2D eigenvalue weighted by atomic mass is 10.3. The monoisotopic (exact) mass is 328 g/mol. The van der Waals surface area contributed by atoms with E-state index in [-0.39, 0.29) is 12.3 Å². The molecular weight excluding hydrogens is 316 g/mol. The molecule has 0 aromatic heterocycles. The number of hydrogen-bond acceptors (Lipinski definition) is 3. The number of carbonyl (C=O) groups excluding carboxylic acids is 1. The Balaban J connectivity index is 1.90. The minimum Gasteiger partial charge on any atom is -0.435 e. The van der Waals surface area contributed by atoms with Crippen molar-refractivity contribution in [2.24, 2.45) is 0 Å². The van der Waals surface area contributed by atoms with E-state index in [0.29, 0.717) is 5.69 Å². The van der Waals surface area contributed by atoms with E-state index < -0.39 is 29.8 Å². The maximum Gasteiger partial charge on any atom is 0.387 e. The summed E-state index contributed by atoms with van der Waals surface area (Å²) in [4.78, 5) is 11.7. The van der Waals surface area contributed by atoms with E-state index in [4.69, 9.17) is 0 Å². The Morgan fingerprint density at radius 3 is 2.22 bits per heavy atom. The summed E-state index contributed by atoms with van der Waals surface area (Å²) in [5.41, 5.74) is -0.0734. The second-order valence-corrected chi connectivity index (χ2v) is 4.40. The fourth-order valence-electron chi connectivity index (χ4n) is 1.76. The van der Waals surface area contributed by atoms with Crippen LogP contribution in [-0.2, 0) is 4.79 Å². The van der Waals surface area contributed by atoms with Crippen molar-refractivity contribution < 1.29 is 27.1 Å². The SMILES string of the molecule is O=C(CNc1c(F)cccc1F)Nc1ccc(OC(F)F)cc1. The second-order valence-electron chi connectivity index (χ2n) is 4.40. The van der Waals surface area contributed by atoms with Gasteiger partial charge in [-0.1, -0.05) is 6.07 Å². The molecule has 0 bridgehead atoms. The van der Waals surface area contributed by atoms with Crippen LogP contribution < -0.4 is 15.4 Å². The lowest BCUT2D eigenvalue weighted by Gasteiger charge is -2.10. The number of halogens is 4. The van der Waals surface area contributed by atoms with Gasteiger partial charge in [0.2, 0.25) is 5.91 Å². The Morgan fingerprint density at radius 2 is 1.65 bits per heavy atom. The van der Waals surface area contributed by atoms with E-state index in [1.54, 1.807) is 0 Å². The van der Waals surface area contributed by atoms with Gasteiger partial charge in [-0.15, -0.1) is 0 Å². The van der Waals surface area contributed by atoms with Gasteiger partial charge in [0.05, 0.1) is 6.54 Å². The number of hydrogen-bond donors (Lipinski definition) is 2. The van der Waals surface area contributed by atoms with Crippen LogP contribution in [0.2, 0.25) is 0 Å². The first-order chi connectivity index (χ1) is 11.0. The van der Waals surface area contributed by atoms with Crippen LogP contribution in [0.1, 0.15) is 0 Å². The van der Waals surface area contributed by atoms with Crippen molar-refractivity contribution in [3.8, 4) is 5.75 Å². The molecule has 0 aliphatic heterocycles. The van der Waals surface area contributed by atoms with Crippen LogP contribution in [-0.4, -0.2) is 19.1 Å². The molecule has 0 fully saturated rings. The topological polar surface area (TPSA) is 50.4 Å². The molecule has 23 heavy (non-hydrogen) atoms. The smallest absolute Gasteiger partial charge is 0.387 e. The molecule has 0 saturated carbocycles. The van der Waals surface area contributed by atoms with Crippen LogP contribution in [0.15, 0.2) is 42.5 Å². The Labute approximate surface area is 129 Å². The van der Waals surface area contributed by atoms with Crippen molar-refractivity contribution >= 4 is 17.3 Å². The lowest BCUT2D eigenvalue weighted by Crippen LogP contribution is -2.22. The maximum absolute atomic E-state index is 13.4. The molecular formula is C15H12F4N2O2. The highest BCUT2D eigenvalue weighted by atomic mass is 19.3. The summed E-state index contributed by atoms with van der Waals surface area (Å²) in [6, 6.07) is 8.56. The predicted molar refractivity (Wildman–Crippen MR) is 76.6 cm³/mol. The molecule has 1 amide bonds. The van der Waals surface area contributed by atoms with Gasteiger partial charge in [-0.3, -0.25) is 4.79 Å². The van der Waals surface area contributed by atoms with E-state index in [9.17, 15) is 22.4 Å². The van der Waals surface area contributed by atoms with Gasteiger partial charge >= 0.3 is 6.61 Å². The first kappa shape index (κ1) is 16.6. The van der Waals surface area contributed by atoms with Crippen molar-refractivity contribution in [3.05, 3.63) is 54.1 Å². The molecule has 0 saturated heterocycles. The van der Waals surface area contributed by atoms with Crippen molar-refractivity contribution in [2.45, 2.75) is 6.61 Å². The molecule has 0 spiro atoms. The summed E-state index contributed by atoms with van der Waals surface area (Å²) < 4.78 is 54.9. The van der Waals surface area contributed by atoms with Gasteiger partial charge in [-0.25, -0.2) is 8.78 Å². The average molecular weight is 328 g/mol. The molecule has 8 heteroatoms. The number of rotatable bonds is 6.